The lowest BCUT2D eigenvalue weighted by molar-refractivity contribution is -0.121. The number of fused-ring (bicyclic) bond motifs is 1. The van der Waals surface area contributed by atoms with Crippen LogP contribution in [0, 0.1) is 0 Å². The number of carbonyl (C=O) groups is 4. The lowest BCUT2D eigenvalue weighted by atomic mass is 10.0. The summed E-state index contributed by atoms with van der Waals surface area (Å²) in [6, 6.07) is 6.37. The Kier molecular flexibility index (Phi) is 5.88. The average Bonchev–Trinajstić information content (AvgIpc) is 3.31. The van der Waals surface area contributed by atoms with Crippen molar-refractivity contribution in [3.8, 4) is 0 Å². The lowest BCUT2D eigenvalue weighted by Gasteiger charge is -2.25. The van der Waals surface area contributed by atoms with Gasteiger partial charge in [0.15, 0.2) is 0 Å². The van der Waals surface area contributed by atoms with Gasteiger partial charge in [0.05, 0.1) is 18.4 Å². The molecule has 0 unspecified atom stereocenters. The van der Waals surface area contributed by atoms with Crippen molar-refractivity contribution < 1.29 is 23.9 Å². The maximum absolute atomic E-state index is 13.0. The normalized spacial score (nSPS) is 16.4. The summed E-state index contributed by atoms with van der Waals surface area (Å²) in [6.45, 7) is 4.57. The smallest absolute Gasteiger partial charge is 0.341 e. The number of nitrogens with one attached hydrogen (secondary N) is 1. The summed E-state index contributed by atoms with van der Waals surface area (Å²) >= 11 is 1.38. The van der Waals surface area contributed by atoms with Crippen molar-refractivity contribution in [1.29, 1.82) is 0 Å². The highest BCUT2D eigenvalue weighted by Crippen LogP contribution is 2.38. The van der Waals surface area contributed by atoms with E-state index in [0.717, 1.165) is 35.0 Å². The Morgan fingerprint density at radius 2 is 1.90 bits per heavy atom. The van der Waals surface area contributed by atoms with Crippen LogP contribution in [0.4, 0.5) is 10.7 Å². The molecule has 3 heterocycles. The highest BCUT2D eigenvalue weighted by Gasteiger charge is 2.31. The van der Waals surface area contributed by atoms with Gasteiger partial charge in [0.25, 0.3) is 5.91 Å². The number of hydrogen-bond acceptors (Lipinski definition) is 7. The van der Waals surface area contributed by atoms with E-state index >= 15 is 0 Å². The third-order valence-corrected chi connectivity index (χ3v) is 6.75. The summed E-state index contributed by atoms with van der Waals surface area (Å²) in [7, 11) is 1.33. The fourth-order valence-corrected chi connectivity index (χ4v) is 5.23. The zero-order valence-corrected chi connectivity index (χ0v) is 18.2. The van der Waals surface area contributed by atoms with E-state index in [4.69, 9.17) is 4.74 Å². The van der Waals surface area contributed by atoms with Gasteiger partial charge in [-0.05, 0) is 36.7 Å². The molecule has 4 rings (SSSR count). The predicted molar refractivity (Wildman–Crippen MR) is 116 cm³/mol. The summed E-state index contributed by atoms with van der Waals surface area (Å²) in [5.74, 6) is -1.44. The van der Waals surface area contributed by atoms with Crippen LogP contribution in [0.5, 0.6) is 0 Å². The summed E-state index contributed by atoms with van der Waals surface area (Å²) < 4.78 is 4.97. The third kappa shape index (κ3) is 3.98. The van der Waals surface area contributed by atoms with Gasteiger partial charge in [-0.25, -0.2) is 4.79 Å². The third-order valence-electron chi connectivity index (χ3n) is 5.62. The van der Waals surface area contributed by atoms with Gasteiger partial charge in [-0.3, -0.25) is 24.2 Å². The van der Waals surface area contributed by atoms with Crippen molar-refractivity contribution in [3.05, 3.63) is 45.8 Å². The molecule has 1 aromatic carbocycles. The molecular weight excluding hydrogens is 418 g/mol. The number of anilines is 2. The predicted octanol–water partition coefficient (Wildman–Crippen LogP) is 2.82. The minimum atomic E-state index is -0.472. The molecule has 1 saturated heterocycles. The lowest BCUT2D eigenvalue weighted by Crippen LogP contribution is -2.30. The Hall–Kier alpha value is -3.04. The van der Waals surface area contributed by atoms with Gasteiger partial charge in [-0.2, -0.15) is 0 Å². The molecule has 0 spiro atoms. The molecule has 1 fully saturated rings. The van der Waals surface area contributed by atoms with Crippen LogP contribution in [0.15, 0.2) is 24.3 Å². The molecule has 0 aliphatic carbocycles. The Morgan fingerprint density at radius 3 is 2.58 bits per heavy atom. The van der Waals surface area contributed by atoms with Crippen molar-refractivity contribution in [1.82, 2.24) is 4.90 Å². The fraction of sp³-hybridized carbons (Fsp3) is 0.364. The number of thiophene rings is 1. The number of ether oxygens (including phenoxy) is 1. The van der Waals surface area contributed by atoms with E-state index in [1.54, 1.807) is 18.2 Å². The number of benzene rings is 1. The van der Waals surface area contributed by atoms with Gasteiger partial charge >= 0.3 is 5.97 Å². The Balaban J connectivity index is 1.63. The molecular formula is C22H23N3O5S. The number of amides is 3. The number of likely N-dealkylation sites (N-methyl/N-ethyl adjacent to an activating group) is 1. The topological polar surface area (TPSA) is 96.0 Å². The average molecular weight is 442 g/mol. The molecule has 0 atom stereocenters. The first kappa shape index (κ1) is 21.2. The standard InChI is InChI=1S/C22H23N3O5S/c1-3-24-10-9-15-16(12-24)31-21(19(15)22(29)30-2)23-20(28)13-5-4-6-14(11-13)25-17(26)7-8-18(25)27/h4-6,11H,3,7-10,12H2,1-2H3,(H,23,28). The Morgan fingerprint density at radius 1 is 1.16 bits per heavy atom. The molecule has 2 aliphatic rings. The van der Waals surface area contributed by atoms with Crippen LogP contribution in [0.2, 0.25) is 0 Å². The Labute approximate surface area is 183 Å². The molecule has 1 aromatic heterocycles. The van der Waals surface area contributed by atoms with E-state index in [1.807, 2.05) is 0 Å². The number of rotatable bonds is 5. The van der Waals surface area contributed by atoms with E-state index in [-0.39, 0.29) is 24.7 Å². The van der Waals surface area contributed by atoms with Crippen LogP contribution in [-0.4, -0.2) is 48.8 Å². The minimum Gasteiger partial charge on any atom is -0.465 e. The van der Waals surface area contributed by atoms with Crippen molar-refractivity contribution in [3.63, 3.8) is 0 Å². The molecule has 1 N–H and O–H groups in total. The highest BCUT2D eigenvalue weighted by atomic mass is 32.1. The van der Waals surface area contributed by atoms with Gasteiger partial charge in [-0.1, -0.05) is 13.0 Å². The highest BCUT2D eigenvalue weighted by molar-refractivity contribution is 7.17. The van der Waals surface area contributed by atoms with Crippen LogP contribution in [0.25, 0.3) is 0 Å². The molecule has 0 saturated carbocycles. The van der Waals surface area contributed by atoms with Crippen LogP contribution < -0.4 is 10.2 Å². The molecule has 2 aromatic rings. The molecule has 31 heavy (non-hydrogen) atoms. The van der Waals surface area contributed by atoms with Gasteiger partial charge in [0, 0.05) is 36.4 Å². The van der Waals surface area contributed by atoms with Gasteiger partial charge in [0.1, 0.15) is 5.00 Å². The second-order valence-corrected chi connectivity index (χ2v) is 8.55. The minimum absolute atomic E-state index is 0.174. The summed E-state index contributed by atoms with van der Waals surface area (Å²) in [5, 5.41) is 3.30. The van der Waals surface area contributed by atoms with Gasteiger partial charge < -0.3 is 10.1 Å². The van der Waals surface area contributed by atoms with Crippen molar-refractivity contribution in [2.45, 2.75) is 32.7 Å². The number of hydrogen-bond donors (Lipinski definition) is 1. The number of carbonyl (C=O) groups excluding carboxylic acids is 4. The van der Waals surface area contributed by atoms with Crippen molar-refractivity contribution in [2.75, 3.05) is 30.4 Å². The molecule has 3 amide bonds. The van der Waals surface area contributed by atoms with E-state index in [9.17, 15) is 19.2 Å². The Bertz CT molecular complexity index is 1060. The zero-order valence-electron chi connectivity index (χ0n) is 17.4. The largest absolute Gasteiger partial charge is 0.465 e. The van der Waals surface area contributed by atoms with Gasteiger partial charge in [0.2, 0.25) is 11.8 Å². The second kappa shape index (κ2) is 8.60. The molecule has 0 radical (unpaired) electrons. The van der Waals surface area contributed by atoms with Crippen molar-refractivity contribution in [2.24, 2.45) is 0 Å². The summed E-state index contributed by atoms with van der Waals surface area (Å²) in [5.41, 5.74) is 2.01. The van der Waals surface area contributed by atoms with Crippen LogP contribution >= 0.6 is 11.3 Å². The van der Waals surface area contributed by atoms with E-state index in [2.05, 4.69) is 17.1 Å². The van der Waals surface area contributed by atoms with Crippen molar-refractivity contribution >= 4 is 45.7 Å². The SMILES string of the molecule is CCN1CCc2c(sc(NC(=O)c3cccc(N4C(=O)CCC4=O)c3)c2C(=O)OC)C1. The van der Waals surface area contributed by atoms with Crippen LogP contribution in [0.3, 0.4) is 0 Å². The molecule has 8 nitrogen and oxygen atoms in total. The van der Waals surface area contributed by atoms with E-state index in [1.165, 1.54) is 24.5 Å². The molecule has 0 bridgehead atoms. The quantitative estimate of drug-likeness (QED) is 0.566. The summed E-state index contributed by atoms with van der Waals surface area (Å²) in [6.07, 6.45) is 1.06. The van der Waals surface area contributed by atoms with Gasteiger partial charge in [-0.15, -0.1) is 11.3 Å². The maximum atomic E-state index is 13.0. The van der Waals surface area contributed by atoms with E-state index in [0.29, 0.717) is 28.2 Å². The monoisotopic (exact) mass is 441 g/mol. The number of nitrogens with zero attached hydrogens (tertiary/aromatic N) is 2. The second-order valence-electron chi connectivity index (χ2n) is 7.45. The number of esters is 1. The zero-order chi connectivity index (χ0) is 22.1. The van der Waals surface area contributed by atoms with Crippen LogP contribution in [-0.2, 0) is 27.3 Å². The maximum Gasteiger partial charge on any atom is 0.341 e. The molecule has 2 aliphatic heterocycles. The van der Waals surface area contributed by atoms with E-state index < -0.39 is 11.9 Å². The first-order chi connectivity index (χ1) is 14.9. The number of imide groups is 1. The first-order valence-electron chi connectivity index (χ1n) is 10.1. The first-order valence-corrected chi connectivity index (χ1v) is 11.0. The number of methoxy groups -OCH3 is 1. The molecule has 9 heteroatoms. The fourth-order valence-electron chi connectivity index (χ4n) is 3.96. The summed E-state index contributed by atoms with van der Waals surface area (Å²) in [4.78, 5) is 53.9. The molecule has 162 valence electrons. The van der Waals surface area contributed by atoms with Crippen LogP contribution in [0.1, 0.15) is 50.9 Å².